The van der Waals surface area contributed by atoms with Crippen molar-refractivity contribution in [2.24, 2.45) is 33.5 Å². The van der Waals surface area contributed by atoms with Crippen molar-refractivity contribution in [1.29, 1.82) is 0 Å². The van der Waals surface area contributed by atoms with Crippen molar-refractivity contribution >= 4 is 5.78 Å². The number of rotatable bonds is 17. The first-order valence-electron chi connectivity index (χ1n) is 30.7. The molecule has 10 aliphatic rings. The molecule has 32 unspecified atom stereocenters. The van der Waals surface area contributed by atoms with Gasteiger partial charge in [0.2, 0.25) is 0 Å². The fourth-order valence-electron chi connectivity index (χ4n) is 17.2. The fraction of sp³-hybridized carbons (Fsp3) is 0.948. The van der Waals surface area contributed by atoms with Crippen LogP contribution < -0.4 is 0 Å². The third-order valence-electron chi connectivity index (χ3n) is 22.6. The lowest BCUT2D eigenvalue weighted by molar-refractivity contribution is -0.406. The largest absolute Gasteiger partial charge is 0.396 e. The van der Waals surface area contributed by atoms with E-state index in [0.29, 0.717) is 32.1 Å². The van der Waals surface area contributed by atoms with E-state index in [1.807, 2.05) is 6.92 Å². The van der Waals surface area contributed by atoms with E-state index < -0.39 is 216 Å². The normalized spacial score (nSPS) is 53.0. The molecule has 0 amide bonds. The Morgan fingerprint density at radius 2 is 1.13 bits per heavy atom. The molecule has 6 aliphatic heterocycles. The highest BCUT2D eigenvalue weighted by Crippen LogP contribution is 2.75. The fourth-order valence-corrected chi connectivity index (χ4v) is 17.2. The molecule has 86 heavy (non-hydrogen) atoms. The van der Waals surface area contributed by atoms with Crippen LogP contribution >= 0.6 is 0 Å². The molecule has 0 bridgehead atoms. The number of ketones is 1. The Morgan fingerprint density at radius 3 is 1.77 bits per heavy atom. The lowest BCUT2D eigenvalue weighted by Gasteiger charge is -2.64. The van der Waals surface area contributed by atoms with Gasteiger partial charge in [-0.2, -0.15) is 0 Å². The SMILES string of the molecule is CCC(=O)C1CC(C)C2(CCC3(C)C4=C(CCC32C)C2(C)CCC(OC3OC(COC5OCC(O)C(O)C5OC5OC(CO)C(O)C(OC6OC(CO)C(O)C(O)C6O)C5OC5OC(C)C(O)C(O)C5O)C(O)C(O)C3O)C(CO)(CO)C2CC4)O1. The number of aliphatic hydroxyl groups is 16. The monoisotopic (exact) mass is 1240 g/mol. The minimum Gasteiger partial charge on any atom is -0.396 e. The van der Waals surface area contributed by atoms with E-state index in [4.69, 9.17) is 52.1 Å². The zero-order valence-corrected chi connectivity index (χ0v) is 49.5. The zero-order chi connectivity index (χ0) is 62.5. The number of aliphatic hydroxyl groups excluding tert-OH is 16. The molecule has 0 aromatic rings. The molecule has 0 radical (unpaired) electrons. The summed E-state index contributed by atoms with van der Waals surface area (Å²) in [4.78, 5) is 13.0. The van der Waals surface area contributed by atoms with Crippen LogP contribution in [0.15, 0.2) is 11.1 Å². The minimum absolute atomic E-state index is 0.129. The summed E-state index contributed by atoms with van der Waals surface area (Å²) in [5, 5.41) is 176. The molecule has 0 aromatic carbocycles. The summed E-state index contributed by atoms with van der Waals surface area (Å²) in [5.41, 5.74) is -0.0221. The van der Waals surface area contributed by atoms with E-state index in [-0.39, 0.29) is 34.9 Å². The van der Waals surface area contributed by atoms with Crippen LogP contribution in [0, 0.1) is 33.5 Å². The van der Waals surface area contributed by atoms with Crippen LogP contribution in [0.3, 0.4) is 0 Å². The number of allylic oxidation sites excluding steroid dienone is 2. The summed E-state index contributed by atoms with van der Waals surface area (Å²) in [5.74, 6) is -0.000538. The number of hydrogen-bond acceptors (Lipinski definition) is 28. The first-order chi connectivity index (χ1) is 40.7. The smallest absolute Gasteiger partial charge is 0.187 e. The Morgan fingerprint density at radius 1 is 0.558 bits per heavy atom. The van der Waals surface area contributed by atoms with Crippen molar-refractivity contribution in [1.82, 2.24) is 0 Å². The Labute approximate surface area is 498 Å². The van der Waals surface area contributed by atoms with Crippen molar-refractivity contribution in [2.45, 2.75) is 271 Å². The van der Waals surface area contributed by atoms with Crippen LogP contribution in [0.1, 0.15) is 106 Å². The number of carbonyl (C=O) groups is 1. The van der Waals surface area contributed by atoms with Crippen LogP contribution in [0.4, 0.5) is 0 Å². The average molecular weight is 1240 g/mol. The van der Waals surface area contributed by atoms with Gasteiger partial charge in [0.15, 0.2) is 37.2 Å². The summed E-state index contributed by atoms with van der Waals surface area (Å²) < 4.78 is 67.1. The number of carbonyl (C=O) groups excluding carboxylic acids is 1. The Hall–Kier alpha value is -1.67. The summed E-state index contributed by atoms with van der Waals surface area (Å²) in [6.07, 6.45) is -38.6. The first-order valence-corrected chi connectivity index (χ1v) is 30.7. The maximum absolute atomic E-state index is 13.0. The van der Waals surface area contributed by atoms with E-state index in [2.05, 4.69) is 27.7 Å². The summed E-state index contributed by atoms with van der Waals surface area (Å²) in [6.45, 7) is 8.16. The Balaban J connectivity index is 0.867. The molecule has 6 saturated heterocycles. The average Bonchev–Trinajstić information content (AvgIpc) is 1.42. The van der Waals surface area contributed by atoms with Crippen molar-refractivity contribution in [2.75, 3.05) is 39.6 Å². The molecule has 10 rings (SSSR count). The second-order valence-electron chi connectivity index (χ2n) is 26.8. The van der Waals surface area contributed by atoms with Gasteiger partial charge in [-0.15, -0.1) is 0 Å². The highest BCUT2D eigenvalue weighted by atomic mass is 16.8. The second-order valence-corrected chi connectivity index (χ2v) is 26.8. The van der Waals surface area contributed by atoms with Crippen molar-refractivity contribution in [3.05, 3.63) is 11.1 Å². The predicted molar refractivity (Wildman–Crippen MR) is 287 cm³/mol. The molecule has 0 aromatic heterocycles. The van der Waals surface area contributed by atoms with Gasteiger partial charge in [-0.1, -0.05) is 45.8 Å². The minimum atomic E-state index is -2.06. The number of hydrogen-bond donors (Lipinski definition) is 16. The maximum atomic E-state index is 13.0. The van der Waals surface area contributed by atoms with E-state index in [0.717, 1.165) is 25.7 Å². The summed E-state index contributed by atoms with van der Waals surface area (Å²) >= 11 is 0. The number of fused-ring (bicyclic) bond motifs is 5. The van der Waals surface area contributed by atoms with E-state index in [1.54, 1.807) is 0 Å². The van der Waals surface area contributed by atoms with Crippen LogP contribution in [-0.2, 0) is 56.9 Å². The van der Waals surface area contributed by atoms with Gasteiger partial charge in [-0.3, -0.25) is 4.79 Å². The van der Waals surface area contributed by atoms with Crippen LogP contribution in [-0.4, -0.2) is 292 Å². The van der Waals surface area contributed by atoms with Gasteiger partial charge in [0.05, 0.1) is 57.5 Å². The molecule has 8 fully saturated rings. The third-order valence-corrected chi connectivity index (χ3v) is 22.6. The van der Waals surface area contributed by atoms with Crippen molar-refractivity contribution in [3.8, 4) is 0 Å². The molecular formula is C58H94O28. The molecule has 16 N–H and O–H groups in total. The van der Waals surface area contributed by atoms with E-state index >= 15 is 0 Å². The Kier molecular flexibility index (Phi) is 20.1. The molecule has 6 heterocycles. The predicted octanol–water partition coefficient (Wildman–Crippen LogP) is -4.64. The standard InChI is InChI=1S/C58H94O28/c1-7-27(63)29-16-23(2)58(86-29)15-14-55(5)26-8-9-33-54(4,25(26)10-13-56(55,58)6)12-11-34(57(33,21-61)22-62)82-50-44(74)42(72)38(68)32(81-50)20-77-52-47(36(66)28(64)19-76-52)84-53-48(85-49-43(73)40(70)35(65)24(3)78-49)46(39(69)31(18-60)80-53)83-51-45(75)41(71)37(67)30(17-59)79-51/h23-24,28-53,59-62,64-75H,7-22H2,1-6H3. The first kappa shape index (κ1) is 67.2. The van der Waals surface area contributed by atoms with Gasteiger partial charge in [0, 0.05) is 17.3 Å². The highest BCUT2D eigenvalue weighted by Gasteiger charge is 2.72. The van der Waals surface area contributed by atoms with Crippen molar-refractivity contribution in [3.63, 3.8) is 0 Å². The van der Waals surface area contributed by atoms with Gasteiger partial charge in [0.1, 0.15) is 116 Å². The molecule has 28 heteroatoms. The van der Waals surface area contributed by atoms with Crippen LogP contribution in [0.25, 0.3) is 0 Å². The summed E-state index contributed by atoms with van der Waals surface area (Å²) in [6, 6.07) is 0. The second kappa shape index (κ2) is 25.7. The maximum Gasteiger partial charge on any atom is 0.187 e. The lowest BCUT2D eigenvalue weighted by atomic mass is 9.42. The van der Waals surface area contributed by atoms with E-state index in [1.165, 1.54) is 18.1 Å². The molecule has 494 valence electrons. The lowest BCUT2D eigenvalue weighted by Crippen LogP contribution is -2.68. The topological polar surface area (TPSA) is 442 Å². The molecule has 28 nitrogen and oxygen atoms in total. The van der Waals surface area contributed by atoms with Gasteiger partial charge < -0.3 is 134 Å². The Bertz CT molecular complexity index is 2370. The summed E-state index contributed by atoms with van der Waals surface area (Å²) in [7, 11) is 0. The van der Waals surface area contributed by atoms with Crippen LogP contribution in [0.5, 0.6) is 0 Å². The van der Waals surface area contributed by atoms with Gasteiger partial charge in [0.25, 0.3) is 0 Å². The number of Topliss-reactive ketones (excluding diaryl/α,β-unsaturated/α-hetero) is 1. The molecular weight excluding hydrogens is 1140 g/mol. The third kappa shape index (κ3) is 10.9. The molecule has 32 atom stereocenters. The van der Waals surface area contributed by atoms with Crippen molar-refractivity contribution < 1.29 is 139 Å². The molecule has 2 saturated carbocycles. The number of ether oxygens (including phenoxy) is 11. The highest BCUT2D eigenvalue weighted by molar-refractivity contribution is 5.83. The van der Waals surface area contributed by atoms with Crippen LogP contribution in [0.2, 0.25) is 0 Å². The molecule has 4 aliphatic carbocycles. The van der Waals surface area contributed by atoms with Gasteiger partial charge in [-0.05, 0) is 87.4 Å². The van der Waals surface area contributed by atoms with Gasteiger partial charge in [-0.25, -0.2) is 0 Å². The molecule has 1 spiro atoms. The van der Waals surface area contributed by atoms with Gasteiger partial charge >= 0.3 is 0 Å². The van der Waals surface area contributed by atoms with E-state index in [9.17, 15) is 86.5 Å². The zero-order valence-electron chi connectivity index (χ0n) is 49.5. The quantitative estimate of drug-likeness (QED) is 0.0609.